The number of pyridine rings is 1. The summed E-state index contributed by atoms with van der Waals surface area (Å²) < 4.78 is 5.17. The van der Waals surface area contributed by atoms with E-state index in [4.69, 9.17) is 4.74 Å². The van der Waals surface area contributed by atoms with Gasteiger partial charge in [0.25, 0.3) is 5.91 Å². The minimum Gasteiger partial charge on any atom is -0.494 e. The fraction of sp³-hybridized carbons (Fsp3) is 0.600. The van der Waals surface area contributed by atoms with E-state index in [2.05, 4.69) is 22.5 Å². The summed E-state index contributed by atoms with van der Waals surface area (Å²) in [6, 6.07) is 2.55. The van der Waals surface area contributed by atoms with E-state index in [1.165, 1.54) is 0 Å². The molecule has 0 aliphatic heterocycles. The van der Waals surface area contributed by atoms with Crippen LogP contribution in [0.2, 0.25) is 0 Å². The minimum absolute atomic E-state index is 0.0730. The molecule has 2 N–H and O–H groups in total. The predicted molar refractivity (Wildman–Crippen MR) is 78.0 cm³/mol. The van der Waals surface area contributed by atoms with E-state index in [1.807, 2.05) is 0 Å². The van der Waals surface area contributed by atoms with Crippen molar-refractivity contribution < 1.29 is 9.53 Å². The zero-order valence-electron chi connectivity index (χ0n) is 12.2. The van der Waals surface area contributed by atoms with Gasteiger partial charge in [0, 0.05) is 18.3 Å². The van der Waals surface area contributed by atoms with E-state index >= 15 is 0 Å². The Hall–Kier alpha value is -1.62. The maximum absolute atomic E-state index is 12.3. The Labute approximate surface area is 120 Å². The molecule has 0 radical (unpaired) electrons. The molecule has 1 aliphatic carbocycles. The Kier molecular flexibility index (Phi) is 5.35. The number of aromatic nitrogens is 1. The van der Waals surface area contributed by atoms with Crippen molar-refractivity contribution in [1.29, 1.82) is 0 Å². The molecule has 20 heavy (non-hydrogen) atoms. The number of rotatable bonds is 5. The van der Waals surface area contributed by atoms with Gasteiger partial charge in [0.15, 0.2) is 0 Å². The van der Waals surface area contributed by atoms with Crippen LogP contribution in [0.5, 0.6) is 5.75 Å². The number of nitrogens with one attached hydrogen (secondary N) is 2. The van der Waals surface area contributed by atoms with Crippen molar-refractivity contribution in [2.45, 2.75) is 44.7 Å². The van der Waals surface area contributed by atoms with Crippen LogP contribution in [-0.4, -0.2) is 36.6 Å². The molecule has 1 amide bonds. The smallest absolute Gasteiger partial charge is 0.255 e. The summed E-state index contributed by atoms with van der Waals surface area (Å²) in [5.74, 6) is 0.447. The molecule has 1 heterocycles. The first-order valence-corrected chi connectivity index (χ1v) is 7.26. The van der Waals surface area contributed by atoms with E-state index in [0.717, 1.165) is 32.2 Å². The van der Waals surface area contributed by atoms with Crippen molar-refractivity contribution >= 4 is 5.91 Å². The molecule has 110 valence electrons. The molecule has 0 aromatic carbocycles. The lowest BCUT2D eigenvalue weighted by molar-refractivity contribution is 0.0921. The third-order valence-corrected chi connectivity index (χ3v) is 3.80. The van der Waals surface area contributed by atoms with Crippen LogP contribution in [-0.2, 0) is 0 Å². The summed E-state index contributed by atoms with van der Waals surface area (Å²) in [5.41, 5.74) is 0.552. The van der Waals surface area contributed by atoms with Crippen molar-refractivity contribution in [2.75, 3.05) is 13.7 Å². The van der Waals surface area contributed by atoms with Crippen molar-refractivity contribution in [2.24, 2.45) is 0 Å². The summed E-state index contributed by atoms with van der Waals surface area (Å²) >= 11 is 0. The van der Waals surface area contributed by atoms with Gasteiger partial charge >= 0.3 is 0 Å². The Morgan fingerprint density at radius 3 is 2.70 bits per heavy atom. The first-order chi connectivity index (χ1) is 9.74. The Bertz CT molecular complexity index is 442. The zero-order chi connectivity index (χ0) is 14.4. The number of hydrogen-bond donors (Lipinski definition) is 2. The SMILES string of the molecule is CCNC1CCC(NC(=O)c2ccncc2OC)CC1. The van der Waals surface area contributed by atoms with Crippen LogP contribution in [0.15, 0.2) is 18.5 Å². The first kappa shape index (κ1) is 14.8. The molecule has 0 atom stereocenters. The van der Waals surface area contributed by atoms with Crippen molar-refractivity contribution in [1.82, 2.24) is 15.6 Å². The van der Waals surface area contributed by atoms with Crippen LogP contribution in [0.3, 0.4) is 0 Å². The lowest BCUT2D eigenvalue weighted by atomic mass is 9.91. The summed E-state index contributed by atoms with van der Waals surface area (Å²) in [5, 5.41) is 6.57. The molecular weight excluding hydrogens is 254 g/mol. The number of carbonyl (C=O) groups is 1. The average Bonchev–Trinajstić information content (AvgIpc) is 2.49. The van der Waals surface area contributed by atoms with Gasteiger partial charge < -0.3 is 15.4 Å². The highest BCUT2D eigenvalue weighted by molar-refractivity contribution is 5.96. The third kappa shape index (κ3) is 3.70. The van der Waals surface area contributed by atoms with Gasteiger partial charge in [-0.15, -0.1) is 0 Å². The Balaban J connectivity index is 1.89. The highest BCUT2D eigenvalue weighted by atomic mass is 16.5. The molecule has 2 rings (SSSR count). The molecule has 0 spiro atoms. The lowest BCUT2D eigenvalue weighted by Gasteiger charge is -2.29. The largest absolute Gasteiger partial charge is 0.494 e. The zero-order valence-corrected chi connectivity index (χ0v) is 12.2. The van der Waals surface area contributed by atoms with Gasteiger partial charge in [-0.25, -0.2) is 0 Å². The number of hydrogen-bond acceptors (Lipinski definition) is 4. The molecule has 0 bridgehead atoms. The van der Waals surface area contributed by atoms with E-state index < -0.39 is 0 Å². The van der Waals surface area contributed by atoms with Gasteiger partial charge in [-0.3, -0.25) is 9.78 Å². The highest BCUT2D eigenvalue weighted by Crippen LogP contribution is 2.20. The van der Waals surface area contributed by atoms with Crippen LogP contribution in [0.1, 0.15) is 43.0 Å². The number of nitrogens with zero attached hydrogens (tertiary/aromatic N) is 1. The van der Waals surface area contributed by atoms with Crippen molar-refractivity contribution in [3.63, 3.8) is 0 Å². The molecule has 1 fully saturated rings. The van der Waals surface area contributed by atoms with Gasteiger partial charge in [0.1, 0.15) is 5.75 Å². The van der Waals surface area contributed by atoms with Gasteiger partial charge in [-0.1, -0.05) is 6.92 Å². The molecule has 0 unspecified atom stereocenters. The topological polar surface area (TPSA) is 63.2 Å². The predicted octanol–water partition coefficient (Wildman–Crippen LogP) is 1.74. The van der Waals surface area contributed by atoms with Crippen LogP contribution in [0.25, 0.3) is 0 Å². The molecule has 1 aromatic rings. The molecule has 1 aliphatic rings. The molecular formula is C15H23N3O2. The second kappa shape index (κ2) is 7.24. The van der Waals surface area contributed by atoms with Gasteiger partial charge in [0.05, 0.1) is 18.9 Å². The quantitative estimate of drug-likeness (QED) is 0.860. The summed E-state index contributed by atoms with van der Waals surface area (Å²) in [7, 11) is 1.55. The highest BCUT2D eigenvalue weighted by Gasteiger charge is 2.23. The number of amides is 1. The lowest BCUT2D eigenvalue weighted by Crippen LogP contribution is -2.42. The minimum atomic E-state index is -0.0730. The van der Waals surface area contributed by atoms with E-state index in [1.54, 1.807) is 25.6 Å². The van der Waals surface area contributed by atoms with Crippen LogP contribution in [0.4, 0.5) is 0 Å². The van der Waals surface area contributed by atoms with Crippen molar-refractivity contribution in [3.8, 4) is 5.75 Å². The summed E-state index contributed by atoms with van der Waals surface area (Å²) in [6.45, 7) is 3.14. The monoisotopic (exact) mass is 277 g/mol. The third-order valence-electron chi connectivity index (χ3n) is 3.80. The normalized spacial score (nSPS) is 22.3. The van der Waals surface area contributed by atoms with Gasteiger partial charge in [-0.2, -0.15) is 0 Å². The number of methoxy groups -OCH3 is 1. The van der Waals surface area contributed by atoms with Crippen LogP contribution in [0, 0.1) is 0 Å². The fourth-order valence-corrected chi connectivity index (χ4v) is 2.72. The molecule has 0 saturated heterocycles. The Morgan fingerprint density at radius 1 is 1.35 bits per heavy atom. The van der Waals surface area contributed by atoms with Gasteiger partial charge in [-0.05, 0) is 38.3 Å². The molecule has 1 saturated carbocycles. The van der Waals surface area contributed by atoms with E-state index in [-0.39, 0.29) is 11.9 Å². The fourth-order valence-electron chi connectivity index (χ4n) is 2.72. The second-order valence-electron chi connectivity index (χ2n) is 5.16. The maximum Gasteiger partial charge on any atom is 0.255 e. The van der Waals surface area contributed by atoms with Crippen LogP contribution >= 0.6 is 0 Å². The number of ether oxygens (including phenoxy) is 1. The van der Waals surface area contributed by atoms with Gasteiger partial charge in [0.2, 0.25) is 0 Å². The van der Waals surface area contributed by atoms with Crippen molar-refractivity contribution in [3.05, 3.63) is 24.0 Å². The summed E-state index contributed by atoms with van der Waals surface area (Å²) in [4.78, 5) is 16.2. The molecule has 5 heteroatoms. The van der Waals surface area contributed by atoms with Crippen LogP contribution < -0.4 is 15.4 Å². The average molecular weight is 277 g/mol. The standard InChI is InChI=1S/C15H23N3O2/c1-3-17-11-4-6-12(7-5-11)18-15(19)13-8-9-16-10-14(13)20-2/h8-12,17H,3-7H2,1-2H3,(H,18,19). The molecule has 1 aromatic heterocycles. The van der Waals surface area contributed by atoms with E-state index in [0.29, 0.717) is 17.4 Å². The first-order valence-electron chi connectivity index (χ1n) is 7.26. The summed E-state index contributed by atoms with van der Waals surface area (Å²) in [6.07, 6.45) is 7.46. The second-order valence-corrected chi connectivity index (χ2v) is 5.16. The molecule has 5 nitrogen and oxygen atoms in total. The number of carbonyl (C=O) groups excluding carboxylic acids is 1. The van der Waals surface area contributed by atoms with E-state index in [9.17, 15) is 4.79 Å². The Morgan fingerprint density at radius 2 is 2.05 bits per heavy atom. The maximum atomic E-state index is 12.3.